The van der Waals surface area contributed by atoms with Gasteiger partial charge in [-0.3, -0.25) is 4.79 Å². The molecule has 0 fully saturated rings. The van der Waals surface area contributed by atoms with Crippen molar-refractivity contribution in [2.45, 2.75) is 32.9 Å². The van der Waals surface area contributed by atoms with Crippen molar-refractivity contribution < 1.29 is 18.4 Å². The molecule has 1 N–H and O–H groups in total. The molecule has 128 valence electrons. The van der Waals surface area contributed by atoms with Crippen molar-refractivity contribution in [3.63, 3.8) is 0 Å². The van der Waals surface area contributed by atoms with E-state index in [2.05, 4.69) is 5.32 Å². The first-order chi connectivity index (χ1) is 10.7. The zero-order valence-corrected chi connectivity index (χ0v) is 13.8. The summed E-state index contributed by atoms with van der Waals surface area (Å²) in [5.41, 5.74) is 1.35. The van der Waals surface area contributed by atoms with Gasteiger partial charge in [-0.05, 0) is 31.5 Å². The third-order valence-corrected chi connectivity index (χ3v) is 3.50. The number of hydrogen-bond acceptors (Lipinski definition) is 2. The summed E-state index contributed by atoms with van der Waals surface area (Å²) in [5.74, 6) is -0.0766. The molecule has 5 nitrogen and oxygen atoms in total. The van der Waals surface area contributed by atoms with E-state index in [0.717, 1.165) is 10.5 Å². The molecular weight excluding hydrogens is 304 g/mol. The van der Waals surface area contributed by atoms with Crippen LogP contribution in [-0.2, 0) is 6.54 Å². The summed E-state index contributed by atoms with van der Waals surface area (Å²) < 4.78 is 24.4. The van der Waals surface area contributed by atoms with Crippen molar-refractivity contribution in [3.05, 3.63) is 35.4 Å². The number of alkyl halides is 2. The minimum atomic E-state index is -2.56. The van der Waals surface area contributed by atoms with E-state index in [1.54, 1.807) is 36.2 Å². The van der Waals surface area contributed by atoms with Crippen molar-refractivity contribution in [2.24, 2.45) is 0 Å². The summed E-state index contributed by atoms with van der Waals surface area (Å²) in [7, 11) is 3.05. The van der Waals surface area contributed by atoms with Crippen LogP contribution in [0.3, 0.4) is 0 Å². The van der Waals surface area contributed by atoms with Gasteiger partial charge in [-0.15, -0.1) is 0 Å². The molecule has 0 spiro atoms. The number of nitrogens with zero attached hydrogens (tertiary/aromatic N) is 2. The summed E-state index contributed by atoms with van der Waals surface area (Å²) in [6.07, 6.45) is -2.56. The molecule has 0 aliphatic carbocycles. The second-order valence-electron chi connectivity index (χ2n) is 5.64. The lowest BCUT2D eigenvalue weighted by Crippen LogP contribution is -2.39. The number of rotatable bonds is 6. The van der Waals surface area contributed by atoms with Gasteiger partial charge in [0.15, 0.2) is 0 Å². The first kappa shape index (κ1) is 18.9. The van der Waals surface area contributed by atoms with Gasteiger partial charge in [-0.1, -0.05) is 12.1 Å². The Morgan fingerprint density at radius 1 is 1.13 bits per heavy atom. The molecule has 0 aliphatic heterocycles. The van der Waals surface area contributed by atoms with Gasteiger partial charge >= 0.3 is 6.03 Å². The fourth-order valence-electron chi connectivity index (χ4n) is 1.81. The molecule has 0 bridgehead atoms. The van der Waals surface area contributed by atoms with E-state index in [1.807, 2.05) is 13.8 Å². The maximum Gasteiger partial charge on any atom is 0.317 e. The number of carbonyl (C=O) groups is 2. The van der Waals surface area contributed by atoms with E-state index >= 15 is 0 Å². The second-order valence-corrected chi connectivity index (χ2v) is 5.64. The molecule has 0 unspecified atom stereocenters. The molecule has 1 rings (SSSR count). The average molecular weight is 327 g/mol. The minimum Gasteiger partial charge on any atom is -0.339 e. The molecule has 0 radical (unpaired) electrons. The molecule has 0 aliphatic rings. The highest BCUT2D eigenvalue weighted by Crippen LogP contribution is 2.09. The first-order valence-electron chi connectivity index (χ1n) is 7.35. The zero-order chi connectivity index (χ0) is 17.6. The third kappa shape index (κ3) is 5.84. The number of amides is 3. The lowest BCUT2D eigenvalue weighted by molar-refractivity contribution is 0.0755. The largest absolute Gasteiger partial charge is 0.339 e. The van der Waals surface area contributed by atoms with Gasteiger partial charge in [-0.25, -0.2) is 13.6 Å². The van der Waals surface area contributed by atoms with Gasteiger partial charge in [0.25, 0.3) is 12.3 Å². The maximum absolute atomic E-state index is 12.2. The molecule has 1 aromatic carbocycles. The van der Waals surface area contributed by atoms with Gasteiger partial charge in [-0.2, -0.15) is 0 Å². The highest BCUT2D eigenvalue weighted by molar-refractivity contribution is 5.94. The molecular formula is C16H23F2N3O2. The Labute approximate surface area is 135 Å². The Hall–Kier alpha value is -2.18. The standard InChI is InChI=1S/C16H23F2N3O2/c1-11(2)21(4)15(22)13-7-5-12(6-8-13)9-19-16(23)20(3)10-14(17)18/h5-8,11,14H,9-10H2,1-4H3,(H,19,23). The number of halogens is 2. The normalized spacial score (nSPS) is 10.8. The third-order valence-electron chi connectivity index (χ3n) is 3.50. The lowest BCUT2D eigenvalue weighted by Gasteiger charge is -2.21. The van der Waals surface area contributed by atoms with Crippen molar-refractivity contribution in [1.82, 2.24) is 15.1 Å². The molecule has 0 saturated carbocycles. The highest BCUT2D eigenvalue weighted by atomic mass is 19.3. The van der Waals surface area contributed by atoms with Gasteiger partial charge in [0.05, 0.1) is 6.54 Å². The Bertz CT molecular complexity index is 533. The monoisotopic (exact) mass is 327 g/mol. The summed E-state index contributed by atoms with van der Waals surface area (Å²) >= 11 is 0. The van der Waals surface area contributed by atoms with Gasteiger partial charge in [0.2, 0.25) is 0 Å². The predicted octanol–water partition coefficient (Wildman–Crippen LogP) is 2.57. The first-order valence-corrected chi connectivity index (χ1v) is 7.35. The summed E-state index contributed by atoms with van der Waals surface area (Å²) in [6.45, 7) is 3.46. The smallest absolute Gasteiger partial charge is 0.317 e. The van der Waals surface area contributed by atoms with E-state index in [9.17, 15) is 18.4 Å². The number of hydrogen-bond donors (Lipinski definition) is 1. The van der Waals surface area contributed by atoms with Crippen LogP contribution in [0, 0.1) is 0 Å². The molecule has 7 heteroatoms. The molecule has 0 saturated heterocycles. The topological polar surface area (TPSA) is 52.7 Å². The number of nitrogens with one attached hydrogen (secondary N) is 1. The molecule has 3 amide bonds. The number of urea groups is 1. The van der Waals surface area contributed by atoms with E-state index in [-0.39, 0.29) is 18.5 Å². The van der Waals surface area contributed by atoms with Crippen LogP contribution in [0.4, 0.5) is 13.6 Å². The van der Waals surface area contributed by atoms with Crippen molar-refractivity contribution >= 4 is 11.9 Å². The van der Waals surface area contributed by atoms with Crippen LogP contribution in [0.1, 0.15) is 29.8 Å². The van der Waals surface area contributed by atoms with Crippen molar-refractivity contribution in [2.75, 3.05) is 20.6 Å². The Morgan fingerprint density at radius 3 is 2.17 bits per heavy atom. The number of benzene rings is 1. The summed E-state index contributed by atoms with van der Waals surface area (Å²) in [6, 6.07) is 6.37. The minimum absolute atomic E-state index is 0.0766. The van der Waals surface area contributed by atoms with Crippen LogP contribution in [0.25, 0.3) is 0 Å². The zero-order valence-electron chi connectivity index (χ0n) is 13.8. The summed E-state index contributed by atoms with van der Waals surface area (Å²) in [4.78, 5) is 26.3. The second kappa shape index (κ2) is 8.45. The van der Waals surface area contributed by atoms with Crippen molar-refractivity contribution in [3.8, 4) is 0 Å². The van der Waals surface area contributed by atoms with Crippen LogP contribution < -0.4 is 5.32 Å². The maximum atomic E-state index is 12.2. The molecule has 0 aromatic heterocycles. The van der Waals surface area contributed by atoms with Crippen LogP contribution in [-0.4, -0.2) is 54.8 Å². The molecule has 23 heavy (non-hydrogen) atoms. The average Bonchev–Trinajstić information content (AvgIpc) is 2.50. The quantitative estimate of drug-likeness (QED) is 0.873. The Kier molecular flexibility index (Phi) is 6.93. The van der Waals surface area contributed by atoms with Crippen LogP contribution in [0.2, 0.25) is 0 Å². The SMILES string of the molecule is CC(C)N(C)C(=O)c1ccc(CNC(=O)N(C)CC(F)F)cc1. The van der Waals surface area contributed by atoms with Crippen LogP contribution >= 0.6 is 0 Å². The fraction of sp³-hybridized carbons (Fsp3) is 0.500. The Morgan fingerprint density at radius 2 is 1.70 bits per heavy atom. The van der Waals surface area contributed by atoms with Crippen molar-refractivity contribution in [1.29, 1.82) is 0 Å². The van der Waals surface area contributed by atoms with Crippen LogP contribution in [0.15, 0.2) is 24.3 Å². The lowest BCUT2D eigenvalue weighted by atomic mass is 10.1. The van der Waals surface area contributed by atoms with Gasteiger partial charge < -0.3 is 15.1 Å². The number of carbonyl (C=O) groups excluding carboxylic acids is 2. The van der Waals surface area contributed by atoms with E-state index in [4.69, 9.17) is 0 Å². The van der Waals surface area contributed by atoms with E-state index in [1.165, 1.54) is 7.05 Å². The predicted molar refractivity (Wildman–Crippen MR) is 84.5 cm³/mol. The molecule has 1 aromatic rings. The molecule has 0 heterocycles. The van der Waals surface area contributed by atoms with E-state index in [0.29, 0.717) is 5.56 Å². The highest BCUT2D eigenvalue weighted by Gasteiger charge is 2.15. The summed E-state index contributed by atoms with van der Waals surface area (Å²) in [5, 5.41) is 2.55. The Balaban J connectivity index is 2.58. The van der Waals surface area contributed by atoms with Gasteiger partial charge in [0, 0.05) is 32.2 Å². The fourth-order valence-corrected chi connectivity index (χ4v) is 1.81. The van der Waals surface area contributed by atoms with Crippen LogP contribution in [0.5, 0.6) is 0 Å². The van der Waals surface area contributed by atoms with E-state index < -0.39 is 19.0 Å². The van der Waals surface area contributed by atoms with Gasteiger partial charge in [0.1, 0.15) is 0 Å². The molecule has 0 atom stereocenters.